The quantitative estimate of drug-likeness (QED) is 0.726. The molecule has 4 rings (SSSR count). The molecule has 1 aromatic carbocycles. The van der Waals surface area contributed by atoms with Gasteiger partial charge in [0.2, 0.25) is 5.91 Å². The lowest BCUT2D eigenvalue weighted by molar-refractivity contribution is -0.135. The minimum atomic E-state index is -0.0104. The van der Waals surface area contributed by atoms with Crippen LogP contribution in [0.4, 0.5) is 0 Å². The van der Waals surface area contributed by atoms with E-state index in [4.69, 9.17) is 0 Å². The van der Waals surface area contributed by atoms with Crippen LogP contribution in [-0.4, -0.2) is 48.7 Å². The third kappa shape index (κ3) is 2.66. The minimum Gasteiger partial charge on any atom is -0.344 e. The molecule has 1 aliphatic heterocycles. The number of aromatic nitrogens is 5. The maximum Gasteiger partial charge on any atom is 0.227 e. The van der Waals surface area contributed by atoms with E-state index in [1.807, 2.05) is 41.2 Å². The Bertz CT molecular complexity index is 867. The number of nitrogens with zero attached hydrogens (tertiary/aromatic N) is 6. The average molecular weight is 324 g/mol. The number of aryl methyl sites for hydroxylation is 1. The highest BCUT2D eigenvalue weighted by atomic mass is 16.2. The predicted molar refractivity (Wildman–Crippen MR) is 89.2 cm³/mol. The van der Waals surface area contributed by atoms with Crippen LogP contribution in [0.5, 0.6) is 0 Å². The Morgan fingerprint density at radius 3 is 3.12 bits per heavy atom. The topological polar surface area (TPSA) is 68.8 Å². The number of para-hydroxylation sites is 2. The molecule has 0 saturated heterocycles. The zero-order valence-corrected chi connectivity index (χ0v) is 13.7. The lowest BCUT2D eigenvalue weighted by atomic mass is 9.98. The summed E-state index contributed by atoms with van der Waals surface area (Å²) in [6, 6.07) is 8.04. The van der Waals surface area contributed by atoms with Gasteiger partial charge in [0.25, 0.3) is 0 Å². The second-order valence-corrected chi connectivity index (χ2v) is 6.28. The number of likely N-dealkylation sites (N-methyl/N-ethyl adjacent to an activating group) is 1. The van der Waals surface area contributed by atoms with Crippen LogP contribution < -0.4 is 0 Å². The Morgan fingerprint density at radius 1 is 1.33 bits per heavy atom. The van der Waals surface area contributed by atoms with Gasteiger partial charge in [0.15, 0.2) is 0 Å². The third-order valence-corrected chi connectivity index (χ3v) is 4.73. The molecule has 24 heavy (non-hydrogen) atoms. The molecule has 0 radical (unpaired) electrons. The molecular weight excluding hydrogens is 304 g/mol. The van der Waals surface area contributed by atoms with E-state index in [0.29, 0.717) is 13.1 Å². The summed E-state index contributed by atoms with van der Waals surface area (Å²) in [7, 11) is 1.87. The Morgan fingerprint density at radius 2 is 2.21 bits per heavy atom. The summed E-state index contributed by atoms with van der Waals surface area (Å²) in [5.74, 6) is 1.15. The Kier molecular flexibility index (Phi) is 3.76. The summed E-state index contributed by atoms with van der Waals surface area (Å²) in [5, 5.41) is 4.19. The number of carbonyl (C=O) groups is 1. The zero-order valence-electron chi connectivity index (χ0n) is 13.7. The van der Waals surface area contributed by atoms with Crippen LogP contribution in [0.15, 0.2) is 36.9 Å². The van der Waals surface area contributed by atoms with Gasteiger partial charge in [0, 0.05) is 26.6 Å². The van der Waals surface area contributed by atoms with Crippen LogP contribution in [0, 0.1) is 5.92 Å². The van der Waals surface area contributed by atoms with Gasteiger partial charge in [0.05, 0.1) is 29.8 Å². The smallest absolute Gasteiger partial charge is 0.227 e. The molecule has 0 N–H and O–H groups in total. The van der Waals surface area contributed by atoms with Crippen LogP contribution in [0.1, 0.15) is 12.2 Å². The zero-order chi connectivity index (χ0) is 16.5. The number of carbonyl (C=O) groups excluding carboxylic acids is 1. The molecule has 7 heteroatoms. The first-order valence-corrected chi connectivity index (χ1v) is 8.24. The van der Waals surface area contributed by atoms with Gasteiger partial charge in [-0.1, -0.05) is 12.1 Å². The highest BCUT2D eigenvalue weighted by Gasteiger charge is 2.27. The van der Waals surface area contributed by atoms with E-state index < -0.39 is 0 Å². The SMILES string of the molecule is CN(CCn1cnc2ccccc21)C(=O)C1CCc2ncnn2C1. The molecular formula is C17H20N6O. The van der Waals surface area contributed by atoms with Gasteiger partial charge in [-0.25, -0.2) is 14.6 Å². The van der Waals surface area contributed by atoms with Crippen molar-refractivity contribution < 1.29 is 4.79 Å². The van der Waals surface area contributed by atoms with Gasteiger partial charge in [-0.15, -0.1) is 0 Å². The molecule has 7 nitrogen and oxygen atoms in total. The number of imidazole rings is 1. The van der Waals surface area contributed by atoms with Gasteiger partial charge in [-0.3, -0.25) is 4.79 Å². The van der Waals surface area contributed by atoms with E-state index in [1.165, 1.54) is 0 Å². The Labute approximate surface area is 139 Å². The van der Waals surface area contributed by atoms with Gasteiger partial charge in [0.1, 0.15) is 12.2 Å². The van der Waals surface area contributed by atoms with Crippen molar-refractivity contribution in [1.82, 2.24) is 29.2 Å². The molecule has 0 saturated carbocycles. The lowest BCUT2D eigenvalue weighted by Crippen LogP contribution is -2.39. The van der Waals surface area contributed by atoms with Crippen molar-refractivity contribution in [3.05, 3.63) is 42.7 Å². The summed E-state index contributed by atoms with van der Waals surface area (Å²) in [5.41, 5.74) is 2.08. The standard InChI is InChI=1S/C17H20N6O/c1-21(8-9-22-12-19-14-4-2-3-5-15(14)22)17(24)13-6-7-16-18-11-20-23(16)10-13/h2-5,11-13H,6-10H2,1H3. The molecule has 2 aromatic heterocycles. The summed E-state index contributed by atoms with van der Waals surface area (Å²) >= 11 is 0. The van der Waals surface area contributed by atoms with Crippen LogP contribution >= 0.6 is 0 Å². The summed E-state index contributed by atoms with van der Waals surface area (Å²) in [6.45, 7) is 2.04. The van der Waals surface area contributed by atoms with Crippen molar-refractivity contribution in [1.29, 1.82) is 0 Å². The van der Waals surface area contributed by atoms with Gasteiger partial charge in [-0.05, 0) is 18.6 Å². The van der Waals surface area contributed by atoms with Gasteiger partial charge < -0.3 is 9.47 Å². The molecule has 3 heterocycles. The van der Waals surface area contributed by atoms with Crippen LogP contribution in [-0.2, 0) is 24.3 Å². The van der Waals surface area contributed by atoms with Crippen molar-refractivity contribution in [3.8, 4) is 0 Å². The number of amides is 1. The highest BCUT2D eigenvalue weighted by Crippen LogP contribution is 2.19. The largest absolute Gasteiger partial charge is 0.344 e. The van der Waals surface area contributed by atoms with E-state index >= 15 is 0 Å². The molecule has 0 aliphatic carbocycles. The maximum absolute atomic E-state index is 12.7. The molecule has 1 amide bonds. The molecule has 0 bridgehead atoms. The maximum atomic E-state index is 12.7. The van der Waals surface area contributed by atoms with E-state index in [1.54, 1.807) is 6.33 Å². The van der Waals surface area contributed by atoms with Crippen LogP contribution in [0.25, 0.3) is 11.0 Å². The number of hydrogen-bond acceptors (Lipinski definition) is 4. The fourth-order valence-electron chi connectivity index (χ4n) is 3.31. The highest BCUT2D eigenvalue weighted by molar-refractivity contribution is 5.78. The first kappa shape index (κ1) is 14.9. The van der Waals surface area contributed by atoms with Crippen molar-refractivity contribution in [3.63, 3.8) is 0 Å². The van der Waals surface area contributed by atoms with Crippen molar-refractivity contribution in [2.75, 3.05) is 13.6 Å². The molecule has 1 unspecified atom stereocenters. The second kappa shape index (κ2) is 6.07. The number of fused-ring (bicyclic) bond motifs is 2. The second-order valence-electron chi connectivity index (χ2n) is 6.28. The van der Waals surface area contributed by atoms with E-state index in [9.17, 15) is 4.79 Å². The first-order chi connectivity index (χ1) is 11.7. The Hall–Kier alpha value is -2.70. The predicted octanol–water partition coefficient (Wildman–Crippen LogP) is 1.35. The summed E-state index contributed by atoms with van der Waals surface area (Å²) in [6.07, 6.45) is 5.06. The molecule has 0 spiro atoms. The van der Waals surface area contributed by atoms with Gasteiger partial charge >= 0.3 is 0 Å². The van der Waals surface area contributed by atoms with Gasteiger partial charge in [-0.2, -0.15) is 5.10 Å². The molecule has 1 atom stereocenters. The van der Waals surface area contributed by atoms with Crippen molar-refractivity contribution >= 4 is 16.9 Å². The number of hydrogen-bond donors (Lipinski definition) is 0. The number of benzene rings is 1. The summed E-state index contributed by atoms with van der Waals surface area (Å²) in [4.78, 5) is 23.1. The minimum absolute atomic E-state index is 0.0104. The van der Waals surface area contributed by atoms with E-state index in [-0.39, 0.29) is 11.8 Å². The molecule has 124 valence electrons. The van der Waals surface area contributed by atoms with Crippen molar-refractivity contribution in [2.45, 2.75) is 25.9 Å². The Balaban J connectivity index is 1.39. The fraction of sp³-hybridized carbons (Fsp3) is 0.412. The normalized spacial score (nSPS) is 17.0. The first-order valence-electron chi connectivity index (χ1n) is 8.24. The van der Waals surface area contributed by atoms with Crippen molar-refractivity contribution in [2.24, 2.45) is 5.92 Å². The number of rotatable bonds is 4. The fourth-order valence-corrected chi connectivity index (χ4v) is 3.31. The van der Waals surface area contributed by atoms with Crippen LogP contribution in [0.3, 0.4) is 0 Å². The molecule has 3 aromatic rings. The van der Waals surface area contributed by atoms with E-state index in [2.05, 4.69) is 25.7 Å². The molecule has 0 fully saturated rings. The summed E-state index contributed by atoms with van der Waals surface area (Å²) < 4.78 is 3.94. The third-order valence-electron chi connectivity index (χ3n) is 4.73. The van der Waals surface area contributed by atoms with Crippen LogP contribution in [0.2, 0.25) is 0 Å². The van der Waals surface area contributed by atoms with E-state index in [0.717, 1.165) is 36.2 Å². The monoisotopic (exact) mass is 324 g/mol. The average Bonchev–Trinajstić information content (AvgIpc) is 3.25. The lowest BCUT2D eigenvalue weighted by Gasteiger charge is -2.26. The molecule has 1 aliphatic rings.